The SMILES string of the molecule is CCNC(=NCC1(CCOC)CCC1)NCCOc1cccc(C)c1. The van der Waals surface area contributed by atoms with E-state index < -0.39 is 0 Å². The van der Waals surface area contributed by atoms with Crippen molar-refractivity contribution in [2.75, 3.05) is 40.0 Å². The number of aliphatic imine (C=N–C) groups is 1. The summed E-state index contributed by atoms with van der Waals surface area (Å²) in [4.78, 5) is 4.80. The normalized spacial score (nSPS) is 16.2. The summed E-state index contributed by atoms with van der Waals surface area (Å²) in [6.07, 6.45) is 4.93. The maximum atomic E-state index is 5.78. The summed E-state index contributed by atoms with van der Waals surface area (Å²) in [5.74, 6) is 1.79. The Morgan fingerprint density at radius 2 is 2.08 bits per heavy atom. The minimum Gasteiger partial charge on any atom is -0.492 e. The van der Waals surface area contributed by atoms with Crippen LogP contribution in [0.2, 0.25) is 0 Å². The molecule has 0 bridgehead atoms. The lowest BCUT2D eigenvalue weighted by molar-refractivity contribution is 0.0778. The third-order valence-electron chi connectivity index (χ3n) is 4.82. The van der Waals surface area contributed by atoms with Gasteiger partial charge in [0.2, 0.25) is 0 Å². The third-order valence-corrected chi connectivity index (χ3v) is 4.82. The maximum Gasteiger partial charge on any atom is 0.191 e. The molecule has 0 radical (unpaired) electrons. The predicted molar refractivity (Wildman–Crippen MR) is 103 cm³/mol. The molecule has 0 aliphatic heterocycles. The molecule has 0 spiro atoms. The van der Waals surface area contributed by atoms with Crippen LogP contribution in [0, 0.1) is 12.3 Å². The molecule has 0 heterocycles. The van der Waals surface area contributed by atoms with Crippen molar-refractivity contribution < 1.29 is 9.47 Å². The van der Waals surface area contributed by atoms with Crippen molar-refractivity contribution in [3.63, 3.8) is 0 Å². The molecule has 1 aliphatic carbocycles. The summed E-state index contributed by atoms with van der Waals surface area (Å²) < 4.78 is 11.0. The van der Waals surface area contributed by atoms with Crippen LogP contribution in [-0.4, -0.2) is 45.9 Å². The van der Waals surface area contributed by atoms with Crippen molar-refractivity contribution in [1.29, 1.82) is 0 Å². The van der Waals surface area contributed by atoms with Crippen LogP contribution in [0.4, 0.5) is 0 Å². The first kappa shape index (κ1) is 19.6. The van der Waals surface area contributed by atoms with E-state index in [4.69, 9.17) is 14.5 Å². The van der Waals surface area contributed by atoms with Crippen LogP contribution in [0.3, 0.4) is 0 Å². The largest absolute Gasteiger partial charge is 0.492 e. The molecular weight excluding hydrogens is 314 g/mol. The fourth-order valence-electron chi connectivity index (χ4n) is 3.11. The van der Waals surface area contributed by atoms with Crippen molar-refractivity contribution in [1.82, 2.24) is 10.6 Å². The number of methoxy groups -OCH3 is 1. The summed E-state index contributed by atoms with van der Waals surface area (Å²) in [6, 6.07) is 8.13. The lowest BCUT2D eigenvalue weighted by Gasteiger charge is -2.40. The average Bonchev–Trinajstić information content (AvgIpc) is 2.57. The van der Waals surface area contributed by atoms with Gasteiger partial charge in [-0.2, -0.15) is 0 Å². The van der Waals surface area contributed by atoms with E-state index in [1.54, 1.807) is 7.11 Å². The number of ether oxygens (including phenoxy) is 2. The highest BCUT2D eigenvalue weighted by Crippen LogP contribution is 2.44. The van der Waals surface area contributed by atoms with Gasteiger partial charge in [0.25, 0.3) is 0 Å². The summed E-state index contributed by atoms with van der Waals surface area (Å²) in [5, 5.41) is 6.68. The number of guanidine groups is 1. The molecule has 1 saturated carbocycles. The predicted octanol–water partition coefficient (Wildman–Crippen LogP) is 3.14. The van der Waals surface area contributed by atoms with E-state index in [0.717, 1.165) is 44.4 Å². The van der Waals surface area contributed by atoms with Gasteiger partial charge < -0.3 is 20.1 Å². The quantitative estimate of drug-likeness (QED) is 0.388. The minimum atomic E-state index is 0.344. The molecule has 0 aromatic heterocycles. The highest BCUT2D eigenvalue weighted by Gasteiger charge is 2.36. The Kier molecular flexibility index (Phi) is 8.06. The first-order valence-electron chi connectivity index (χ1n) is 9.38. The van der Waals surface area contributed by atoms with Crippen LogP contribution < -0.4 is 15.4 Å². The molecule has 2 N–H and O–H groups in total. The van der Waals surface area contributed by atoms with E-state index in [1.165, 1.54) is 24.8 Å². The summed E-state index contributed by atoms with van der Waals surface area (Å²) in [6.45, 7) is 8.04. The Morgan fingerprint density at radius 1 is 1.24 bits per heavy atom. The van der Waals surface area contributed by atoms with Crippen LogP contribution in [0.5, 0.6) is 5.75 Å². The molecule has 0 atom stereocenters. The van der Waals surface area contributed by atoms with Crippen LogP contribution in [-0.2, 0) is 4.74 Å². The van der Waals surface area contributed by atoms with Gasteiger partial charge in [-0.25, -0.2) is 0 Å². The summed E-state index contributed by atoms with van der Waals surface area (Å²) in [5.41, 5.74) is 1.55. The molecular formula is C20H33N3O2. The highest BCUT2D eigenvalue weighted by molar-refractivity contribution is 5.79. The zero-order chi connectivity index (χ0) is 18.0. The van der Waals surface area contributed by atoms with E-state index in [-0.39, 0.29) is 0 Å². The molecule has 1 fully saturated rings. The second kappa shape index (κ2) is 10.3. The number of nitrogens with one attached hydrogen (secondary N) is 2. The Morgan fingerprint density at radius 3 is 2.72 bits per heavy atom. The Balaban J connectivity index is 1.77. The first-order valence-corrected chi connectivity index (χ1v) is 9.38. The zero-order valence-corrected chi connectivity index (χ0v) is 15.9. The second-order valence-electron chi connectivity index (χ2n) is 6.88. The van der Waals surface area contributed by atoms with Gasteiger partial charge in [-0.3, -0.25) is 4.99 Å². The fourth-order valence-corrected chi connectivity index (χ4v) is 3.11. The molecule has 0 saturated heterocycles. The van der Waals surface area contributed by atoms with Gasteiger partial charge >= 0.3 is 0 Å². The Labute approximate surface area is 152 Å². The van der Waals surface area contributed by atoms with Gasteiger partial charge in [0.05, 0.1) is 6.54 Å². The Bertz CT molecular complexity index is 541. The fraction of sp³-hybridized carbons (Fsp3) is 0.650. The van der Waals surface area contributed by atoms with Gasteiger partial charge in [0, 0.05) is 26.8 Å². The topological polar surface area (TPSA) is 54.9 Å². The van der Waals surface area contributed by atoms with E-state index in [1.807, 2.05) is 12.1 Å². The van der Waals surface area contributed by atoms with Crippen LogP contribution in [0.15, 0.2) is 29.3 Å². The first-order chi connectivity index (χ1) is 12.2. The minimum absolute atomic E-state index is 0.344. The number of rotatable bonds is 10. The second-order valence-corrected chi connectivity index (χ2v) is 6.88. The van der Waals surface area contributed by atoms with E-state index in [9.17, 15) is 0 Å². The lowest BCUT2D eigenvalue weighted by atomic mass is 9.67. The van der Waals surface area contributed by atoms with Gasteiger partial charge in [-0.05, 0) is 56.2 Å². The number of aryl methyl sites for hydroxylation is 1. The summed E-state index contributed by atoms with van der Waals surface area (Å²) >= 11 is 0. The highest BCUT2D eigenvalue weighted by atomic mass is 16.5. The molecule has 2 rings (SSSR count). The number of benzene rings is 1. The molecule has 1 aliphatic rings. The standard InChI is InChI=1S/C20H33N3O2/c1-4-21-19(23-16-20(9-6-10-20)11-13-24-3)22-12-14-25-18-8-5-7-17(2)15-18/h5,7-8,15H,4,6,9-14,16H2,1-3H3,(H2,21,22,23). The monoisotopic (exact) mass is 347 g/mol. The lowest BCUT2D eigenvalue weighted by Crippen LogP contribution is -2.41. The molecule has 1 aromatic carbocycles. The van der Waals surface area contributed by atoms with E-state index >= 15 is 0 Å². The van der Waals surface area contributed by atoms with Gasteiger partial charge in [-0.15, -0.1) is 0 Å². The van der Waals surface area contributed by atoms with Crippen molar-refractivity contribution >= 4 is 5.96 Å². The number of hydrogen-bond donors (Lipinski definition) is 2. The van der Waals surface area contributed by atoms with Crippen molar-refractivity contribution in [2.24, 2.45) is 10.4 Å². The Hall–Kier alpha value is -1.75. The molecule has 0 amide bonds. The maximum absolute atomic E-state index is 5.78. The average molecular weight is 348 g/mol. The zero-order valence-electron chi connectivity index (χ0n) is 15.9. The molecule has 25 heavy (non-hydrogen) atoms. The molecule has 0 unspecified atom stereocenters. The smallest absolute Gasteiger partial charge is 0.191 e. The molecule has 140 valence electrons. The number of hydrogen-bond acceptors (Lipinski definition) is 3. The summed E-state index contributed by atoms with van der Waals surface area (Å²) in [7, 11) is 1.77. The molecule has 5 heteroatoms. The van der Waals surface area contributed by atoms with Crippen LogP contribution >= 0.6 is 0 Å². The molecule has 1 aromatic rings. The van der Waals surface area contributed by atoms with Gasteiger partial charge in [-0.1, -0.05) is 18.6 Å². The van der Waals surface area contributed by atoms with E-state index in [0.29, 0.717) is 12.0 Å². The van der Waals surface area contributed by atoms with Gasteiger partial charge in [0.1, 0.15) is 12.4 Å². The van der Waals surface area contributed by atoms with Crippen molar-refractivity contribution in [3.05, 3.63) is 29.8 Å². The van der Waals surface area contributed by atoms with Crippen molar-refractivity contribution in [2.45, 2.75) is 39.5 Å². The van der Waals surface area contributed by atoms with Crippen LogP contribution in [0.25, 0.3) is 0 Å². The van der Waals surface area contributed by atoms with Crippen molar-refractivity contribution in [3.8, 4) is 5.75 Å². The van der Waals surface area contributed by atoms with Gasteiger partial charge in [0.15, 0.2) is 5.96 Å². The van der Waals surface area contributed by atoms with E-state index in [2.05, 4.69) is 36.6 Å². The third kappa shape index (κ3) is 6.58. The number of nitrogens with zero attached hydrogens (tertiary/aromatic N) is 1. The van der Waals surface area contributed by atoms with Crippen LogP contribution in [0.1, 0.15) is 38.2 Å². The molecule has 5 nitrogen and oxygen atoms in total.